The van der Waals surface area contributed by atoms with Gasteiger partial charge in [0.15, 0.2) is 11.5 Å². The fraction of sp³-hybridized carbons (Fsp3) is 0.767. The van der Waals surface area contributed by atoms with Gasteiger partial charge in [0.2, 0.25) is 5.91 Å². The number of aliphatic hydroxyl groups is 1. The van der Waals surface area contributed by atoms with E-state index in [2.05, 4.69) is 25.2 Å². The zero-order valence-corrected chi connectivity index (χ0v) is 24.6. The number of methoxy groups -OCH3 is 2. The van der Waals surface area contributed by atoms with Crippen molar-refractivity contribution in [3.8, 4) is 11.5 Å². The van der Waals surface area contributed by atoms with Crippen LogP contribution in [-0.4, -0.2) is 82.1 Å². The molecule has 222 valence electrons. The Morgan fingerprint density at radius 2 is 1.74 bits per heavy atom. The second kappa shape index (κ2) is 15.2. The van der Waals surface area contributed by atoms with Crippen molar-refractivity contribution in [1.29, 1.82) is 0 Å². The first-order chi connectivity index (χ1) is 18.7. The molecule has 2 fully saturated rings. The Morgan fingerprint density at radius 3 is 2.33 bits per heavy atom. The first-order valence-electron chi connectivity index (χ1n) is 14.4. The maximum absolute atomic E-state index is 13.1. The van der Waals surface area contributed by atoms with E-state index >= 15 is 0 Å². The number of carbonyl (C=O) groups excluding carboxylic acids is 1. The number of nitrogens with one attached hydrogen (secondary N) is 1. The molecular weight excluding hydrogens is 500 g/mol. The summed E-state index contributed by atoms with van der Waals surface area (Å²) in [7, 11) is 3.31. The molecule has 9 heteroatoms. The Kier molecular flexibility index (Phi) is 12.3. The molecule has 1 aliphatic heterocycles. The monoisotopic (exact) mass is 550 g/mol. The maximum Gasteiger partial charge on any atom is 0.223 e. The van der Waals surface area contributed by atoms with Crippen LogP contribution in [-0.2, 0) is 25.4 Å². The quantitative estimate of drug-likeness (QED) is 0.253. The van der Waals surface area contributed by atoms with Crippen LogP contribution in [0.3, 0.4) is 0 Å². The van der Waals surface area contributed by atoms with Gasteiger partial charge in [-0.3, -0.25) is 4.79 Å². The minimum atomic E-state index is -0.783. The molecular formula is C30H50N2O7. The molecule has 1 aromatic rings. The molecule has 0 aromatic heterocycles. The van der Waals surface area contributed by atoms with E-state index in [4.69, 9.17) is 29.4 Å². The second-order valence-electron chi connectivity index (χ2n) is 11.6. The van der Waals surface area contributed by atoms with Crippen molar-refractivity contribution in [2.75, 3.05) is 40.6 Å². The number of amides is 1. The minimum Gasteiger partial charge on any atom is -0.493 e. The Morgan fingerprint density at radius 1 is 1.05 bits per heavy atom. The van der Waals surface area contributed by atoms with Gasteiger partial charge in [-0.1, -0.05) is 33.8 Å². The van der Waals surface area contributed by atoms with Gasteiger partial charge in [-0.2, -0.15) is 0 Å². The lowest BCUT2D eigenvalue weighted by Gasteiger charge is -2.30. The van der Waals surface area contributed by atoms with Crippen molar-refractivity contribution in [3.63, 3.8) is 0 Å². The molecule has 0 spiro atoms. The molecule has 0 unspecified atom stereocenters. The van der Waals surface area contributed by atoms with Gasteiger partial charge in [-0.15, -0.1) is 0 Å². The highest BCUT2D eigenvalue weighted by Crippen LogP contribution is 2.34. The molecule has 0 radical (unpaired) electrons. The van der Waals surface area contributed by atoms with E-state index in [1.807, 2.05) is 26.0 Å². The summed E-state index contributed by atoms with van der Waals surface area (Å²) >= 11 is 0. The lowest BCUT2D eigenvalue weighted by Crippen LogP contribution is -2.43. The molecule has 1 amide bonds. The van der Waals surface area contributed by atoms with E-state index in [9.17, 15) is 9.90 Å². The third-order valence-corrected chi connectivity index (χ3v) is 8.03. The number of hydrogen-bond donors (Lipinski definition) is 3. The second-order valence-corrected chi connectivity index (χ2v) is 11.6. The highest BCUT2D eigenvalue weighted by molar-refractivity contribution is 5.80. The average Bonchev–Trinajstić information content (AvgIpc) is 3.61. The highest BCUT2D eigenvalue weighted by atomic mass is 16.6. The standard InChI is InChI=1S/C30H50N2O7/c1-18(2)21(14-20-8-9-25(36-6)26(15-20)37-11-7-10-35-5)16-23(31)24(33)17-22(19(3)4)30(34)32-27-28-29(27)39-13-12-38-28/h8-9,15,18-19,21-24,27-29,33H,7,10-14,16-17,31H2,1-6H3,(H,32,34)/t21-,22-,23-,24-,27-,28-,29+/m0/s1. The molecule has 1 heterocycles. The summed E-state index contributed by atoms with van der Waals surface area (Å²) in [4.78, 5) is 13.1. The van der Waals surface area contributed by atoms with Gasteiger partial charge < -0.3 is 39.8 Å². The van der Waals surface area contributed by atoms with Crippen LogP contribution in [0.15, 0.2) is 18.2 Å². The van der Waals surface area contributed by atoms with Gasteiger partial charge in [0, 0.05) is 32.1 Å². The largest absolute Gasteiger partial charge is 0.493 e. The molecule has 4 N–H and O–H groups in total. The van der Waals surface area contributed by atoms with E-state index in [1.165, 1.54) is 0 Å². The zero-order chi connectivity index (χ0) is 28.5. The van der Waals surface area contributed by atoms with Crippen LogP contribution in [0.25, 0.3) is 0 Å². The number of hydrogen-bond acceptors (Lipinski definition) is 8. The maximum atomic E-state index is 13.1. The Bertz CT molecular complexity index is 884. The molecule has 2 aliphatic rings. The van der Waals surface area contributed by atoms with Crippen molar-refractivity contribution >= 4 is 5.91 Å². The minimum absolute atomic E-state index is 0.0521. The van der Waals surface area contributed by atoms with Gasteiger partial charge in [0.25, 0.3) is 0 Å². The fourth-order valence-corrected chi connectivity index (χ4v) is 5.32. The highest BCUT2D eigenvalue weighted by Gasteiger charge is 2.56. The lowest BCUT2D eigenvalue weighted by atomic mass is 9.81. The Balaban J connectivity index is 1.57. The SMILES string of the molecule is COCCCOc1cc(C[C@@H](C[C@H](N)[C@@H](O)C[C@H](C(=O)N[C@@H]2[C@H]3OCCO[C@@H]23)C(C)C)C(C)C)ccc1OC. The lowest BCUT2D eigenvalue weighted by molar-refractivity contribution is -0.128. The van der Waals surface area contributed by atoms with Crippen LogP contribution < -0.4 is 20.5 Å². The van der Waals surface area contributed by atoms with Crippen molar-refractivity contribution < 1.29 is 33.6 Å². The molecule has 9 nitrogen and oxygen atoms in total. The third kappa shape index (κ3) is 9.05. The van der Waals surface area contributed by atoms with Gasteiger partial charge in [0.1, 0.15) is 12.2 Å². The molecule has 39 heavy (non-hydrogen) atoms. The fourth-order valence-electron chi connectivity index (χ4n) is 5.32. The predicted octanol–water partition coefficient (Wildman–Crippen LogP) is 2.95. The summed E-state index contributed by atoms with van der Waals surface area (Å²) in [5.41, 5.74) is 7.69. The van der Waals surface area contributed by atoms with Crippen molar-refractivity contribution in [1.82, 2.24) is 5.32 Å². The molecule has 1 saturated carbocycles. The van der Waals surface area contributed by atoms with Crippen LogP contribution in [0.4, 0.5) is 0 Å². The number of aliphatic hydroxyl groups excluding tert-OH is 1. The normalized spacial score (nSPS) is 23.6. The van der Waals surface area contributed by atoms with Gasteiger partial charge >= 0.3 is 0 Å². The average molecular weight is 551 g/mol. The third-order valence-electron chi connectivity index (χ3n) is 8.03. The topological polar surface area (TPSA) is 122 Å². The molecule has 1 saturated heterocycles. The van der Waals surface area contributed by atoms with Gasteiger partial charge in [-0.25, -0.2) is 0 Å². The zero-order valence-electron chi connectivity index (χ0n) is 24.6. The van der Waals surface area contributed by atoms with E-state index in [0.717, 1.165) is 24.2 Å². The van der Waals surface area contributed by atoms with E-state index in [-0.39, 0.29) is 41.9 Å². The Hall–Kier alpha value is -1.91. The van der Waals surface area contributed by atoms with E-state index in [0.29, 0.717) is 50.9 Å². The summed E-state index contributed by atoms with van der Waals surface area (Å²) < 4.78 is 27.9. The molecule has 3 rings (SSSR count). The van der Waals surface area contributed by atoms with Crippen molar-refractivity contribution in [2.24, 2.45) is 29.4 Å². The summed E-state index contributed by atoms with van der Waals surface area (Å²) in [6.45, 7) is 10.7. The first kappa shape index (κ1) is 31.6. The summed E-state index contributed by atoms with van der Waals surface area (Å²) in [6.07, 6.45) is 1.68. The number of benzene rings is 1. The number of nitrogens with two attached hydrogens (primary N) is 1. The van der Waals surface area contributed by atoms with E-state index in [1.54, 1.807) is 14.2 Å². The summed E-state index contributed by atoms with van der Waals surface area (Å²) in [5, 5.41) is 14.2. The molecule has 7 atom stereocenters. The van der Waals surface area contributed by atoms with Crippen LogP contribution in [0.5, 0.6) is 11.5 Å². The number of rotatable bonds is 17. The summed E-state index contributed by atoms with van der Waals surface area (Å²) in [6, 6.07) is 5.48. The smallest absolute Gasteiger partial charge is 0.223 e. The van der Waals surface area contributed by atoms with Crippen LogP contribution in [0.2, 0.25) is 0 Å². The molecule has 0 bridgehead atoms. The predicted molar refractivity (Wildman–Crippen MR) is 150 cm³/mol. The summed E-state index contributed by atoms with van der Waals surface area (Å²) in [5.74, 6) is 1.68. The number of fused-ring (bicyclic) bond motifs is 1. The van der Waals surface area contributed by atoms with Gasteiger partial charge in [0.05, 0.1) is 39.1 Å². The van der Waals surface area contributed by atoms with Crippen molar-refractivity contribution in [2.45, 2.75) is 83.8 Å². The van der Waals surface area contributed by atoms with E-state index < -0.39 is 12.1 Å². The Labute approximate surface area is 234 Å². The van der Waals surface area contributed by atoms with Crippen LogP contribution >= 0.6 is 0 Å². The number of carbonyl (C=O) groups is 1. The first-order valence-corrected chi connectivity index (χ1v) is 14.4. The van der Waals surface area contributed by atoms with Crippen LogP contribution in [0, 0.1) is 23.7 Å². The molecule has 1 aromatic carbocycles. The van der Waals surface area contributed by atoms with Crippen molar-refractivity contribution in [3.05, 3.63) is 23.8 Å². The van der Waals surface area contributed by atoms with Crippen LogP contribution in [0.1, 0.15) is 52.5 Å². The molecule has 1 aliphatic carbocycles. The number of ether oxygens (including phenoxy) is 5. The van der Waals surface area contributed by atoms with Gasteiger partial charge in [-0.05, 0) is 54.7 Å².